The van der Waals surface area contributed by atoms with Gasteiger partial charge in [0.2, 0.25) is 5.89 Å². The van der Waals surface area contributed by atoms with Crippen molar-refractivity contribution < 1.29 is 4.42 Å². The summed E-state index contributed by atoms with van der Waals surface area (Å²) in [5.41, 5.74) is 0.742. The molecule has 0 saturated heterocycles. The van der Waals surface area contributed by atoms with Crippen molar-refractivity contribution in [3.63, 3.8) is 0 Å². The smallest absolute Gasteiger partial charge is 0.250 e. The van der Waals surface area contributed by atoms with Crippen LogP contribution in [0, 0.1) is 0 Å². The van der Waals surface area contributed by atoms with Gasteiger partial charge in [0, 0.05) is 17.9 Å². The predicted molar refractivity (Wildman–Crippen MR) is 61.9 cm³/mol. The third-order valence-corrected chi connectivity index (χ3v) is 2.04. The lowest BCUT2D eigenvalue weighted by Gasteiger charge is -2.18. The summed E-state index contributed by atoms with van der Waals surface area (Å²) < 4.78 is 5.50. The van der Waals surface area contributed by atoms with E-state index in [1.165, 1.54) is 6.33 Å². The Kier molecular flexibility index (Phi) is 3.14. The fourth-order valence-electron chi connectivity index (χ4n) is 1.19. The third-order valence-electron chi connectivity index (χ3n) is 2.04. The fourth-order valence-corrected chi connectivity index (χ4v) is 1.19. The molecule has 2 aromatic rings. The first kappa shape index (κ1) is 11.7. The largest absolute Gasteiger partial charge is 0.419 e. The highest BCUT2D eigenvalue weighted by Gasteiger charge is 2.13. The molecular weight excluding hydrogens is 218 g/mol. The summed E-state index contributed by atoms with van der Waals surface area (Å²) in [4.78, 5) is 7.80. The zero-order valence-electron chi connectivity index (χ0n) is 10.1. The van der Waals surface area contributed by atoms with Crippen molar-refractivity contribution in [2.75, 3.05) is 0 Å². The molecule has 0 aliphatic heterocycles. The molecule has 6 nitrogen and oxygen atoms in total. The number of hydrogen-bond acceptors (Lipinski definition) is 6. The molecule has 1 N–H and O–H groups in total. The Bertz CT molecular complexity index is 474. The molecule has 2 heterocycles. The molecule has 0 spiro atoms. The first-order valence-corrected chi connectivity index (χ1v) is 5.37. The molecule has 0 aliphatic rings. The van der Waals surface area contributed by atoms with E-state index < -0.39 is 0 Å². The van der Waals surface area contributed by atoms with Crippen LogP contribution in [0.25, 0.3) is 11.5 Å². The van der Waals surface area contributed by atoms with Crippen LogP contribution in [0.1, 0.15) is 26.7 Å². The third kappa shape index (κ3) is 3.32. The Labute approximate surface area is 99.5 Å². The van der Waals surface area contributed by atoms with E-state index in [0.717, 1.165) is 5.56 Å². The fraction of sp³-hybridized carbons (Fsp3) is 0.455. The minimum absolute atomic E-state index is 0.0183. The molecular formula is C11H15N5O. The summed E-state index contributed by atoms with van der Waals surface area (Å²) in [6.45, 7) is 6.78. The van der Waals surface area contributed by atoms with E-state index in [0.29, 0.717) is 18.3 Å². The molecule has 2 rings (SSSR count). The van der Waals surface area contributed by atoms with Gasteiger partial charge in [0.05, 0.1) is 12.1 Å². The van der Waals surface area contributed by atoms with Crippen LogP contribution in [0.3, 0.4) is 0 Å². The van der Waals surface area contributed by atoms with Gasteiger partial charge in [0.25, 0.3) is 5.89 Å². The molecule has 0 saturated carbocycles. The summed E-state index contributed by atoms with van der Waals surface area (Å²) in [6, 6.07) is 0. The van der Waals surface area contributed by atoms with Crippen molar-refractivity contribution >= 4 is 0 Å². The Morgan fingerprint density at radius 2 is 1.88 bits per heavy atom. The summed E-state index contributed by atoms with van der Waals surface area (Å²) in [6.07, 6.45) is 4.74. The average Bonchev–Trinajstić information content (AvgIpc) is 2.75. The van der Waals surface area contributed by atoms with Gasteiger partial charge in [-0.25, -0.2) is 9.97 Å². The molecule has 0 amide bonds. The van der Waals surface area contributed by atoms with E-state index >= 15 is 0 Å². The van der Waals surface area contributed by atoms with E-state index in [4.69, 9.17) is 4.42 Å². The second kappa shape index (κ2) is 4.58. The average molecular weight is 233 g/mol. The van der Waals surface area contributed by atoms with E-state index in [2.05, 4.69) is 46.3 Å². The number of nitrogens with zero attached hydrogens (tertiary/aromatic N) is 4. The zero-order valence-corrected chi connectivity index (χ0v) is 10.1. The summed E-state index contributed by atoms with van der Waals surface area (Å²) in [5.74, 6) is 0.995. The lowest BCUT2D eigenvalue weighted by Crippen LogP contribution is -2.35. The number of aromatic nitrogens is 4. The topological polar surface area (TPSA) is 76.7 Å². The van der Waals surface area contributed by atoms with E-state index in [-0.39, 0.29) is 5.54 Å². The first-order chi connectivity index (χ1) is 8.04. The lowest BCUT2D eigenvalue weighted by molar-refractivity contribution is 0.383. The molecule has 0 atom stereocenters. The molecule has 17 heavy (non-hydrogen) atoms. The molecule has 0 unspecified atom stereocenters. The van der Waals surface area contributed by atoms with Crippen LogP contribution in [-0.2, 0) is 6.54 Å². The molecule has 0 radical (unpaired) electrons. The Hall–Kier alpha value is -1.82. The van der Waals surface area contributed by atoms with Gasteiger partial charge >= 0.3 is 0 Å². The summed E-state index contributed by atoms with van der Waals surface area (Å²) in [5, 5.41) is 11.2. The van der Waals surface area contributed by atoms with Crippen molar-refractivity contribution in [2.24, 2.45) is 0 Å². The summed E-state index contributed by atoms with van der Waals surface area (Å²) >= 11 is 0. The van der Waals surface area contributed by atoms with Gasteiger partial charge in [-0.05, 0) is 20.8 Å². The van der Waals surface area contributed by atoms with Crippen molar-refractivity contribution in [1.82, 2.24) is 25.5 Å². The SMILES string of the molecule is CC(C)(C)NCc1nnc(-c2cncnc2)o1. The highest BCUT2D eigenvalue weighted by atomic mass is 16.4. The second-order valence-corrected chi connectivity index (χ2v) is 4.73. The molecule has 6 heteroatoms. The second-order valence-electron chi connectivity index (χ2n) is 4.73. The first-order valence-electron chi connectivity index (χ1n) is 5.37. The van der Waals surface area contributed by atoms with E-state index in [1.54, 1.807) is 12.4 Å². The van der Waals surface area contributed by atoms with Crippen molar-refractivity contribution in [3.05, 3.63) is 24.6 Å². The molecule has 0 aromatic carbocycles. The highest BCUT2D eigenvalue weighted by molar-refractivity contribution is 5.48. The van der Waals surface area contributed by atoms with Crippen molar-refractivity contribution in [2.45, 2.75) is 32.9 Å². The zero-order chi connectivity index (χ0) is 12.3. The normalized spacial score (nSPS) is 11.7. The van der Waals surface area contributed by atoms with Gasteiger partial charge in [-0.2, -0.15) is 0 Å². The monoisotopic (exact) mass is 233 g/mol. The number of rotatable bonds is 3. The highest BCUT2D eigenvalue weighted by Crippen LogP contribution is 2.15. The predicted octanol–water partition coefficient (Wildman–Crippen LogP) is 1.41. The van der Waals surface area contributed by atoms with Gasteiger partial charge in [0.15, 0.2) is 0 Å². The van der Waals surface area contributed by atoms with Gasteiger partial charge in [0.1, 0.15) is 6.33 Å². The molecule has 90 valence electrons. The Balaban J connectivity index is 2.07. The van der Waals surface area contributed by atoms with Crippen LogP contribution >= 0.6 is 0 Å². The molecule has 0 bridgehead atoms. The Morgan fingerprint density at radius 3 is 2.53 bits per heavy atom. The van der Waals surface area contributed by atoms with Gasteiger partial charge in [-0.3, -0.25) is 0 Å². The van der Waals surface area contributed by atoms with Crippen molar-refractivity contribution in [3.8, 4) is 11.5 Å². The van der Waals surface area contributed by atoms with Crippen LogP contribution in [0.4, 0.5) is 0 Å². The standard InChI is InChI=1S/C11H15N5O/c1-11(2,3)14-6-9-15-16-10(17-9)8-4-12-7-13-5-8/h4-5,7,14H,6H2,1-3H3. The van der Waals surface area contributed by atoms with Crippen LogP contribution in [-0.4, -0.2) is 25.7 Å². The minimum atomic E-state index is 0.0183. The maximum Gasteiger partial charge on any atom is 0.250 e. The van der Waals surface area contributed by atoms with Gasteiger partial charge in [-0.1, -0.05) is 0 Å². The number of nitrogens with one attached hydrogen (secondary N) is 1. The van der Waals surface area contributed by atoms with Crippen LogP contribution < -0.4 is 5.32 Å². The quantitative estimate of drug-likeness (QED) is 0.863. The lowest BCUT2D eigenvalue weighted by atomic mass is 10.1. The van der Waals surface area contributed by atoms with Crippen LogP contribution in [0.15, 0.2) is 23.1 Å². The maximum atomic E-state index is 5.50. The number of hydrogen-bond donors (Lipinski definition) is 1. The van der Waals surface area contributed by atoms with Crippen LogP contribution in [0.2, 0.25) is 0 Å². The molecule has 0 aliphatic carbocycles. The van der Waals surface area contributed by atoms with Gasteiger partial charge < -0.3 is 9.73 Å². The van der Waals surface area contributed by atoms with Gasteiger partial charge in [-0.15, -0.1) is 10.2 Å². The molecule has 2 aromatic heterocycles. The van der Waals surface area contributed by atoms with Crippen LogP contribution in [0.5, 0.6) is 0 Å². The van der Waals surface area contributed by atoms with E-state index in [9.17, 15) is 0 Å². The van der Waals surface area contributed by atoms with E-state index in [1.807, 2.05) is 0 Å². The summed E-state index contributed by atoms with van der Waals surface area (Å²) in [7, 11) is 0. The Morgan fingerprint density at radius 1 is 1.18 bits per heavy atom. The van der Waals surface area contributed by atoms with Crippen molar-refractivity contribution in [1.29, 1.82) is 0 Å². The molecule has 0 fully saturated rings. The minimum Gasteiger partial charge on any atom is -0.419 e. The maximum absolute atomic E-state index is 5.50.